The maximum absolute atomic E-state index is 11.2. The highest BCUT2D eigenvalue weighted by Crippen LogP contribution is 2.26. The zero-order valence-corrected chi connectivity index (χ0v) is 18.9. The van der Waals surface area contributed by atoms with Crippen LogP contribution in [0.1, 0.15) is 11.1 Å². The summed E-state index contributed by atoms with van der Waals surface area (Å²) in [5.41, 5.74) is 2.08. The Morgan fingerprint density at radius 3 is 2.44 bits per heavy atom. The lowest BCUT2D eigenvalue weighted by Gasteiger charge is -2.15. The van der Waals surface area contributed by atoms with Gasteiger partial charge in [0, 0.05) is 32.0 Å². The summed E-state index contributed by atoms with van der Waals surface area (Å²) in [4.78, 5) is 4.11. The van der Waals surface area contributed by atoms with E-state index in [0.29, 0.717) is 19.0 Å². The van der Waals surface area contributed by atoms with E-state index in [1.54, 1.807) is 7.05 Å². The van der Waals surface area contributed by atoms with Crippen LogP contribution in [0.25, 0.3) is 0 Å². The van der Waals surface area contributed by atoms with Gasteiger partial charge in [-0.25, -0.2) is 8.42 Å². The number of aryl methyl sites for hydroxylation is 1. The standard InChI is InChI=1S/C19H25N3O3S.HI/c1-15-9-10-16(18(13-15)25-17-7-5-4-6-8-17)14-22-19(20-2)21-11-12-26(3,23)24;/h4-10,13H,11-12,14H2,1-3H3,(H2,20,21,22);1H. The van der Waals surface area contributed by atoms with Crippen molar-refractivity contribution in [1.29, 1.82) is 0 Å². The summed E-state index contributed by atoms with van der Waals surface area (Å²) in [7, 11) is -1.36. The molecule has 2 rings (SSSR count). The number of rotatable bonds is 7. The summed E-state index contributed by atoms with van der Waals surface area (Å²) in [6.07, 6.45) is 1.21. The van der Waals surface area contributed by atoms with E-state index in [4.69, 9.17) is 4.74 Å². The van der Waals surface area contributed by atoms with Crippen LogP contribution in [0.5, 0.6) is 11.5 Å². The van der Waals surface area contributed by atoms with E-state index in [0.717, 1.165) is 22.6 Å². The van der Waals surface area contributed by atoms with Gasteiger partial charge in [0.2, 0.25) is 0 Å². The van der Waals surface area contributed by atoms with Crippen LogP contribution in [0.4, 0.5) is 0 Å². The molecule has 0 atom stereocenters. The minimum Gasteiger partial charge on any atom is -0.457 e. The van der Waals surface area contributed by atoms with Gasteiger partial charge in [0.15, 0.2) is 5.96 Å². The second kappa shape index (κ2) is 11.1. The Labute approximate surface area is 178 Å². The number of hydrogen-bond acceptors (Lipinski definition) is 4. The van der Waals surface area contributed by atoms with E-state index in [1.807, 2.05) is 55.5 Å². The molecule has 0 aliphatic rings. The monoisotopic (exact) mass is 503 g/mol. The lowest BCUT2D eigenvalue weighted by atomic mass is 10.1. The number of ether oxygens (including phenoxy) is 1. The van der Waals surface area contributed by atoms with Crippen molar-refractivity contribution in [3.8, 4) is 11.5 Å². The van der Waals surface area contributed by atoms with E-state index >= 15 is 0 Å². The second-order valence-electron chi connectivity index (χ2n) is 6.01. The number of sulfone groups is 1. The average molecular weight is 503 g/mol. The van der Waals surface area contributed by atoms with Gasteiger partial charge < -0.3 is 15.4 Å². The predicted octanol–water partition coefficient (Wildman–Crippen LogP) is 3.11. The van der Waals surface area contributed by atoms with E-state index in [2.05, 4.69) is 15.6 Å². The number of hydrogen-bond donors (Lipinski definition) is 2. The van der Waals surface area contributed by atoms with Gasteiger partial charge in [-0.05, 0) is 30.7 Å². The lowest BCUT2D eigenvalue weighted by Crippen LogP contribution is -2.39. The molecule has 0 fully saturated rings. The Morgan fingerprint density at radius 1 is 1.11 bits per heavy atom. The van der Waals surface area contributed by atoms with Crippen molar-refractivity contribution in [3.63, 3.8) is 0 Å². The second-order valence-corrected chi connectivity index (χ2v) is 8.27. The molecule has 0 unspecified atom stereocenters. The fraction of sp³-hybridized carbons (Fsp3) is 0.316. The van der Waals surface area contributed by atoms with Crippen molar-refractivity contribution in [3.05, 3.63) is 59.7 Å². The highest BCUT2D eigenvalue weighted by Gasteiger charge is 2.08. The van der Waals surface area contributed by atoms with Gasteiger partial charge in [-0.3, -0.25) is 4.99 Å². The van der Waals surface area contributed by atoms with Crippen LogP contribution in [0.2, 0.25) is 0 Å². The van der Waals surface area contributed by atoms with Crippen LogP contribution in [0, 0.1) is 6.92 Å². The van der Waals surface area contributed by atoms with Crippen molar-refractivity contribution in [1.82, 2.24) is 10.6 Å². The number of benzene rings is 2. The number of guanidine groups is 1. The molecule has 2 aromatic carbocycles. The maximum Gasteiger partial charge on any atom is 0.191 e. The van der Waals surface area contributed by atoms with Gasteiger partial charge in [-0.1, -0.05) is 30.3 Å². The largest absolute Gasteiger partial charge is 0.457 e. The summed E-state index contributed by atoms with van der Waals surface area (Å²) in [5.74, 6) is 2.14. The van der Waals surface area contributed by atoms with Gasteiger partial charge in [0.1, 0.15) is 21.3 Å². The Hall–Kier alpha value is -1.81. The van der Waals surface area contributed by atoms with E-state index in [1.165, 1.54) is 6.26 Å². The third-order valence-electron chi connectivity index (χ3n) is 3.63. The minimum atomic E-state index is -3.01. The number of halogens is 1. The first-order valence-corrected chi connectivity index (χ1v) is 10.4. The van der Waals surface area contributed by atoms with E-state index < -0.39 is 9.84 Å². The molecular formula is C19H26IN3O3S. The summed E-state index contributed by atoms with van der Waals surface area (Å²) in [5, 5.41) is 6.18. The zero-order valence-electron chi connectivity index (χ0n) is 15.7. The number of para-hydroxylation sites is 1. The van der Waals surface area contributed by atoms with Crippen LogP contribution in [-0.4, -0.2) is 40.0 Å². The maximum atomic E-state index is 11.2. The molecule has 0 bridgehead atoms. The fourth-order valence-corrected chi connectivity index (χ4v) is 2.75. The van der Waals surface area contributed by atoms with Gasteiger partial charge in [0.05, 0.1) is 5.75 Å². The number of aliphatic imine (C=N–C) groups is 1. The molecule has 0 aromatic heterocycles. The Balaban J connectivity index is 0.00000364. The van der Waals surface area contributed by atoms with E-state index in [-0.39, 0.29) is 29.7 Å². The van der Waals surface area contributed by atoms with Crippen molar-refractivity contribution >= 4 is 39.8 Å². The van der Waals surface area contributed by atoms with Crippen molar-refractivity contribution in [2.45, 2.75) is 13.5 Å². The first kappa shape index (κ1) is 23.2. The fourth-order valence-electron chi connectivity index (χ4n) is 2.27. The summed E-state index contributed by atoms with van der Waals surface area (Å²) in [6, 6.07) is 15.6. The van der Waals surface area contributed by atoms with Gasteiger partial charge in [0.25, 0.3) is 0 Å². The first-order valence-electron chi connectivity index (χ1n) is 8.32. The molecule has 0 aliphatic heterocycles. The molecule has 148 valence electrons. The zero-order chi connectivity index (χ0) is 19.0. The van der Waals surface area contributed by atoms with Gasteiger partial charge in [-0.15, -0.1) is 24.0 Å². The van der Waals surface area contributed by atoms with E-state index in [9.17, 15) is 8.42 Å². The molecule has 6 nitrogen and oxygen atoms in total. The SMILES string of the molecule is CN=C(NCCS(C)(=O)=O)NCc1ccc(C)cc1Oc1ccccc1.I. The predicted molar refractivity (Wildman–Crippen MR) is 121 cm³/mol. The van der Waals surface area contributed by atoms with Crippen LogP contribution in [-0.2, 0) is 16.4 Å². The van der Waals surface area contributed by atoms with Crippen molar-refractivity contribution in [2.75, 3.05) is 25.6 Å². The Kier molecular flexibility index (Phi) is 9.57. The molecular weight excluding hydrogens is 477 g/mol. The van der Waals surface area contributed by atoms with Crippen LogP contribution in [0.3, 0.4) is 0 Å². The van der Waals surface area contributed by atoms with Crippen LogP contribution in [0.15, 0.2) is 53.5 Å². The van der Waals surface area contributed by atoms with Crippen molar-refractivity contribution < 1.29 is 13.2 Å². The van der Waals surface area contributed by atoms with Crippen LogP contribution >= 0.6 is 24.0 Å². The smallest absolute Gasteiger partial charge is 0.191 e. The molecule has 27 heavy (non-hydrogen) atoms. The third kappa shape index (κ3) is 8.61. The molecule has 0 amide bonds. The normalized spacial score (nSPS) is 11.4. The molecule has 2 N–H and O–H groups in total. The van der Waals surface area contributed by atoms with Gasteiger partial charge in [-0.2, -0.15) is 0 Å². The van der Waals surface area contributed by atoms with Gasteiger partial charge >= 0.3 is 0 Å². The average Bonchev–Trinajstić information content (AvgIpc) is 2.59. The van der Waals surface area contributed by atoms with Crippen molar-refractivity contribution in [2.24, 2.45) is 4.99 Å². The Morgan fingerprint density at radius 2 is 1.81 bits per heavy atom. The summed E-state index contributed by atoms with van der Waals surface area (Å²) >= 11 is 0. The number of nitrogens with one attached hydrogen (secondary N) is 2. The third-order valence-corrected chi connectivity index (χ3v) is 4.57. The molecule has 0 saturated heterocycles. The number of nitrogens with zero attached hydrogens (tertiary/aromatic N) is 1. The lowest BCUT2D eigenvalue weighted by molar-refractivity contribution is 0.475. The topological polar surface area (TPSA) is 79.8 Å². The molecule has 8 heteroatoms. The molecule has 0 heterocycles. The summed E-state index contributed by atoms with van der Waals surface area (Å²) < 4.78 is 28.4. The Bertz CT molecular complexity index is 856. The highest BCUT2D eigenvalue weighted by molar-refractivity contribution is 14.0. The quantitative estimate of drug-likeness (QED) is 0.345. The summed E-state index contributed by atoms with van der Waals surface area (Å²) in [6.45, 7) is 2.82. The highest BCUT2D eigenvalue weighted by atomic mass is 127. The molecule has 0 aliphatic carbocycles. The molecule has 0 saturated carbocycles. The molecule has 0 radical (unpaired) electrons. The molecule has 0 spiro atoms. The minimum absolute atomic E-state index is 0. The van der Waals surface area contributed by atoms with Crippen LogP contribution < -0.4 is 15.4 Å². The first-order chi connectivity index (χ1) is 12.4. The molecule has 2 aromatic rings.